The van der Waals surface area contributed by atoms with Crippen LogP contribution in [0.1, 0.15) is 75.7 Å². The maximum absolute atomic E-state index is 15.1. The van der Waals surface area contributed by atoms with Crippen LogP contribution in [0.3, 0.4) is 0 Å². The molecule has 5 aliphatic rings. The molecule has 7 heterocycles. The highest BCUT2D eigenvalue weighted by molar-refractivity contribution is 7.82. The van der Waals surface area contributed by atoms with Crippen molar-refractivity contribution in [2.75, 3.05) is 46.9 Å². The van der Waals surface area contributed by atoms with Crippen LogP contribution in [0.4, 0.5) is 4.79 Å². The molecule has 0 spiro atoms. The molecule has 5 amide bonds. The van der Waals surface area contributed by atoms with E-state index >= 15 is 4.79 Å². The molecule has 3 saturated heterocycles. The Hall–Kier alpha value is -5.41. The summed E-state index contributed by atoms with van der Waals surface area (Å²) >= 11 is 12.3. The van der Waals surface area contributed by atoms with Crippen LogP contribution in [-0.4, -0.2) is 133 Å². The van der Waals surface area contributed by atoms with E-state index in [1.54, 1.807) is 30.2 Å². The number of hydrazine groups is 1. The zero-order valence-electron chi connectivity index (χ0n) is 40.6. The number of aryl methyl sites for hydroxylation is 1. The molecule has 2 unspecified atom stereocenters. The highest BCUT2D eigenvalue weighted by Crippen LogP contribution is 2.57. The van der Waals surface area contributed by atoms with Gasteiger partial charge in [-0.15, -0.1) is 24.0 Å². The van der Waals surface area contributed by atoms with Crippen molar-refractivity contribution in [1.29, 1.82) is 0 Å². The Bertz CT molecular complexity index is 2790. The normalized spacial score (nSPS) is 26.7. The second-order valence-corrected chi connectivity index (χ2v) is 22.4. The Morgan fingerprint density at radius 2 is 1.97 bits per heavy atom. The predicted octanol–water partition coefficient (Wildman–Crippen LogP) is 5.51. The predicted molar refractivity (Wildman–Crippen MR) is 273 cm³/mol. The summed E-state index contributed by atoms with van der Waals surface area (Å²) in [4.78, 5) is 83.6. The molecule has 3 fully saturated rings. The number of nitrogens with zero attached hydrogens (tertiary/aromatic N) is 7. The molecule has 0 saturated carbocycles. The van der Waals surface area contributed by atoms with Gasteiger partial charge in [0, 0.05) is 110 Å². The van der Waals surface area contributed by atoms with Crippen molar-refractivity contribution in [2.45, 2.75) is 89.5 Å². The highest BCUT2D eigenvalue weighted by atomic mass is 32.1. The van der Waals surface area contributed by atoms with Crippen LogP contribution in [0.5, 0.6) is 0 Å². The molecule has 372 valence electrons. The van der Waals surface area contributed by atoms with Crippen LogP contribution in [0.25, 0.3) is 33.4 Å². The lowest BCUT2D eigenvalue weighted by Crippen LogP contribution is -2.64. The van der Waals surface area contributed by atoms with Crippen LogP contribution in [0.15, 0.2) is 54.6 Å². The van der Waals surface area contributed by atoms with Gasteiger partial charge in [0.2, 0.25) is 11.8 Å². The lowest BCUT2D eigenvalue weighted by Gasteiger charge is -2.42. The number of benzene rings is 1. The van der Waals surface area contributed by atoms with Gasteiger partial charge in [-0.2, -0.15) is 0 Å². The Morgan fingerprint density at radius 1 is 1.20 bits per heavy atom. The van der Waals surface area contributed by atoms with Gasteiger partial charge < -0.3 is 39.8 Å². The number of ether oxygens (including phenoxy) is 2. The van der Waals surface area contributed by atoms with Crippen molar-refractivity contribution in [2.24, 2.45) is 34.8 Å². The lowest BCUT2D eigenvalue weighted by atomic mass is 9.67. The van der Waals surface area contributed by atoms with Gasteiger partial charge in [-0.25, -0.2) is 9.78 Å². The molecule has 3 aromatic heterocycles. The second kappa shape index (κ2) is 19.0. The summed E-state index contributed by atoms with van der Waals surface area (Å²) in [7, 11) is 3.27. The average molecular weight is 1010 g/mol. The van der Waals surface area contributed by atoms with Gasteiger partial charge in [0.15, 0.2) is 4.87 Å². The van der Waals surface area contributed by atoms with Crippen molar-refractivity contribution in [3.8, 4) is 22.5 Å². The molecule has 6 bridgehead atoms. The molecule has 17 nitrogen and oxygen atoms in total. The lowest BCUT2D eigenvalue weighted by molar-refractivity contribution is -0.150. The average Bonchev–Trinajstić information content (AvgIpc) is 4.09. The Labute approximate surface area is 422 Å². The molecule has 4 aromatic rings. The van der Waals surface area contributed by atoms with Crippen molar-refractivity contribution < 1.29 is 33.4 Å². The summed E-state index contributed by atoms with van der Waals surface area (Å²) < 4.78 is 14.9. The first kappa shape index (κ1) is 49.6. The van der Waals surface area contributed by atoms with E-state index in [1.807, 2.05) is 31.4 Å². The minimum Gasteiger partial charge on any atom is -0.465 e. The van der Waals surface area contributed by atoms with Gasteiger partial charge in [0.1, 0.15) is 23.1 Å². The molecule has 1 aliphatic carbocycles. The zero-order chi connectivity index (χ0) is 50.1. The van der Waals surface area contributed by atoms with Gasteiger partial charge >= 0.3 is 12.0 Å². The topological polar surface area (TPSA) is 198 Å². The SMILES string of the molecule is C=CC(=O)N1C[C@H]2CN(C(=O)N(C)[C@H](C(=O)NC3(S)Cc4nc(cs4)-c4ccc5c(c4)c4c(n5CC)-c5cccnc5[C@@H](OC)C4C(C)(C)COC(=O)[C@@H]4CCCN(NC4=S)C3=O)C(C)C)C[C@H]2[C@H]1N. The van der Waals surface area contributed by atoms with Crippen LogP contribution < -0.4 is 16.5 Å². The summed E-state index contributed by atoms with van der Waals surface area (Å²) in [6.07, 6.45) is 2.55. The minimum atomic E-state index is -1.91. The first-order valence-electron chi connectivity index (χ1n) is 23.9. The fourth-order valence-electron chi connectivity index (χ4n) is 11.6. The van der Waals surface area contributed by atoms with Gasteiger partial charge in [-0.1, -0.05) is 52.6 Å². The van der Waals surface area contributed by atoms with Crippen LogP contribution in [-0.2, 0) is 41.6 Å². The number of thiol groups is 1. The largest absolute Gasteiger partial charge is 0.465 e. The van der Waals surface area contributed by atoms with Crippen molar-refractivity contribution in [3.63, 3.8) is 0 Å². The molecule has 0 radical (unpaired) electrons. The zero-order valence-corrected chi connectivity index (χ0v) is 43.2. The molecule has 8 atom stereocenters. The number of hydrogen-bond donors (Lipinski definition) is 4. The van der Waals surface area contributed by atoms with Gasteiger partial charge in [0.05, 0.1) is 34.9 Å². The molecule has 1 aromatic carbocycles. The number of thiocarbonyl (C=S) groups is 1. The first-order chi connectivity index (χ1) is 33.3. The van der Waals surface area contributed by atoms with E-state index in [9.17, 15) is 19.2 Å². The molecular formula is C50H62N10O7S3. The van der Waals surface area contributed by atoms with Gasteiger partial charge in [0.25, 0.3) is 5.91 Å². The standard InChI is InChI=1S/C50H62N10O7S3/c1-9-36(61)59-22-28-21-57(23-32(28)43(59)51)48(65)56(7)40(26(3)4)44(62)54-50(69)20-35-53-33(24-70-35)27-15-16-34-31(19-27)37-38(42(66-8)39-29(13-11-17-52-39)41(37)58(34)10-2)49(5,6)25-67-46(63)30-14-12-18-60(47(50)64)55-45(30)68/h9,11,13,15-17,19,24,26,28,30,32,38,40,42-43,69H,1,10,12,14,18,20-23,25,51H2,2-8H3,(H,54,62)(H,55,68)/t28-,30-,32-,38?,40+,42+,43+,50?/m1/s1. The monoisotopic (exact) mass is 1010 g/mol. The van der Waals surface area contributed by atoms with Crippen molar-refractivity contribution in [1.82, 2.24) is 45.0 Å². The number of carbonyl (C=O) groups is 5. The molecule has 4 aliphatic heterocycles. The third kappa shape index (κ3) is 8.45. The number of amides is 5. The third-order valence-electron chi connectivity index (χ3n) is 15.1. The number of likely N-dealkylation sites (tertiary alicyclic amines) is 2. The van der Waals surface area contributed by atoms with E-state index in [1.165, 1.54) is 27.3 Å². The molecule has 9 rings (SSSR count). The fraction of sp³-hybridized carbons (Fsp3) is 0.520. The van der Waals surface area contributed by atoms with E-state index in [2.05, 4.69) is 60.9 Å². The summed E-state index contributed by atoms with van der Waals surface area (Å²) in [6, 6.07) is 8.91. The number of fused-ring (bicyclic) bond motifs is 10. The fourth-order valence-corrected chi connectivity index (χ4v) is 13.3. The Kier molecular flexibility index (Phi) is 13.4. The minimum absolute atomic E-state index is 0.0269. The summed E-state index contributed by atoms with van der Waals surface area (Å²) in [5.74, 6) is -3.70. The summed E-state index contributed by atoms with van der Waals surface area (Å²) in [6.45, 7) is 15.5. The second-order valence-electron chi connectivity index (χ2n) is 20.3. The van der Waals surface area contributed by atoms with Crippen LogP contribution in [0.2, 0.25) is 0 Å². The number of urea groups is 1. The van der Waals surface area contributed by atoms with Gasteiger partial charge in [-0.3, -0.25) is 34.6 Å². The smallest absolute Gasteiger partial charge is 0.320 e. The number of pyridine rings is 1. The number of nitrogens with two attached hydrogens (primary N) is 1. The number of hydrogen-bond acceptors (Lipinski definition) is 13. The van der Waals surface area contributed by atoms with E-state index in [0.29, 0.717) is 49.7 Å². The number of thiazole rings is 1. The number of cyclic esters (lactones) is 1. The number of rotatable bonds is 7. The third-order valence-corrected chi connectivity index (χ3v) is 16.7. The van der Waals surface area contributed by atoms with Crippen molar-refractivity contribution >= 4 is 81.8 Å². The summed E-state index contributed by atoms with van der Waals surface area (Å²) in [5, 5.41) is 7.76. The molecule has 70 heavy (non-hydrogen) atoms. The molecule has 20 heteroatoms. The number of methoxy groups -OCH3 is 1. The van der Waals surface area contributed by atoms with Crippen LogP contribution in [0, 0.1) is 29.1 Å². The van der Waals surface area contributed by atoms with E-state index < -0.39 is 58.2 Å². The van der Waals surface area contributed by atoms with Gasteiger partial charge in [-0.05, 0) is 61.6 Å². The van der Waals surface area contributed by atoms with E-state index in [4.69, 9.17) is 50.0 Å². The number of aromatic nitrogens is 3. The Morgan fingerprint density at radius 3 is 2.67 bits per heavy atom. The number of likely N-dealkylation sites (N-methyl/N-ethyl adjacent to an activating group) is 1. The van der Waals surface area contributed by atoms with E-state index in [0.717, 1.165) is 39.0 Å². The first-order valence-corrected chi connectivity index (χ1v) is 25.7. The highest BCUT2D eigenvalue weighted by Gasteiger charge is 2.51. The summed E-state index contributed by atoms with van der Waals surface area (Å²) in [5.41, 5.74) is 15.3. The maximum atomic E-state index is 15.1. The number of carbonyl (C=O) groups excluding carboxylic acids is 5. The number of esters is 1. The molecular weight excluding hydrogens is 949 g/mol. The van der Waals surface area contributed by atoms with Crippen LogP contribution >= 0.6 is 36.2 Å². The maximum Gasteiger partial charge on any atom is 0.320 e. The Balaban J connectivity index is 1.08. The quantitative estimate of drug-likeness (QED) is 0.0597. The van der Waals surface area contributed by atoms with Crippen molar-refractivity contribution in [3.05, 3.63) is 70.8 Å². The number of nitrogens with one attached hydrogen (secondary N) is 2. The molecule has 4 N–H and O–H groups in total. The van der Waals surface area contributed by atoms with E-state index in [-0.39, 0.29) is 54.3 Å².